The molecule has 2 aromatic carbocycles. The minimum Gasteiger partial charge on any atom is -0.314 e. The molecule has 0 bridgehead atoms. The van der Waals surface area contributed by atoms with E-state index in [1.807, 2.05) is 12.1 Å². The van der Waals surface area contributed by atoms with Gasteiger partial charge in [-0.25, -0.2) is 4.39 Å². The molecule has 1 N–H and O–H groups in total. The molecule has 1 fully saturated rings. The zero-order valence-corrected chi connectivity index (χ0v) is 12.3. The number of rotatable bonds is 3. The van der Waals surface area contributed by atoms with Gasteiger partial charge in [-0.1, -0.05) is 48.0 Å². The van der Waals surface area contributed by atoms with Crippen molar-refractivity contribution in [3.8, 4) is 0 Å². The van der Waals surface area contributed by atoms with Crippen LogP contribution in [0.5, 0.6) is 0 Å². The molecule has 3 rings (SSSR count). The van der Waals surface area contributed by atoms with Crippen molar-refractivity contribution < 1.29 is 4.39 Å². The number of hydrogen-bond acceptors (Lipinski definition) is 2. The van der Waals surface area contributed by atoms with Crippen LogP contribution in [0.15, 0.2) is 48.5 Å². The molecule has 3 heteroatoms. The third kappa shape index (κ3) is 3.14. The monoisotopic (exact) mass is 284 g/mol. The van der Waals surface area contributed by atoms with Crippen LogP contribution in [0.2, 0.25) is 0 Å². The maximum Gasteiger partial charge on any atom is 0.128 e. The Labute approximate surface area is 125 Å². The molecule has 0 spiro atoms. The normalized spacial score (nSPS) is 17.6. The molecule has 110 valence electrons. The second kappa shape index (κ2) is 6.37. The van der Waals surface area contributed by atoms with Crippen LogP contribution in [0.25, 0.3) is 0 Å². The van der Waals surface area contributed by atoms with Gasteiger partial charge in [-0.2, -0.15) is 0 Å². The number of benzene rings is 2. The maximum absolute atomic E-state index is 14.3. The van der Waals surface area contributed by atoms with E-state index in [0.29, 0.717) is 0 Å². The van der Waals surface area contributed by atoms with Gasteiger partial charge in [0.2, 0.25) is 0 Å². The molecule has 0 aromatic heterocycles. The van der Waals surface area contributed by atoms with Gasteiger partial charge in [-0.05, 0) is 18.6 Å². The van der Waals surface area contributed by atoms with Gasteiger partial charge in [-0.15, -0.1) is 0 Å². The molecular weight excluding hydrogens is 263 g/mol. The zero-order chi connectivity index (χ0) is 14.7. The number of aryl methyl sites for hydroxylation is 1. The summed E-state index contributed by atoms with van der Waals surface area (Å²) in [4.78, 5) is 2.36. The lowest BCUT2D eigenvalue weighted by Crippen LogP contribution is -2.45. The Morgan fingerprint density at radius 1 is 1.00 bits per heavy atom. The van der Waals surface area contributed by atoms with Crippen molar-refractivity contribution in [1.29, 1.82) is 0 Å². The summed E-state index contributed by atoms with van der Waals surface area (Å²) in [6.45, 7) is 5.86. The van der Waals surface area contributed by atoms with Gasteiger partial charge in [0.25, 0.3) is 0 Å². The Kier molecular flexibility index (Phi) is 4.32. The molecule has 2 aromatic rings. The topological polar surface area (TPSA) is 15.3 Å². The van der Waals surface area contributed by atoms with Gasteiger partial charge in [0.15, 0.2) is 0 Å². The first kappa shape index (κ1) is 14.2. The summed E-state index contributed by atoms with van der Waals surface area (Å²) in [5, 5.41) is 3.36. The second-order valence-electron chi connectivity index (χ2n) is 5.62. The minimum atomic E-state index is -0.124. The molecule has 1 atom stereocenters. The Morgan fingerprint density at radius 2 is 1.67 bits per heavy atom. The van der Waals surface area contributed by atoms with Crippen molar-refractivity contribution >= 4 is 0 Å². The van der Waals surface area contributed by atoms with E-state index in [1.54, 1.807) is 12.1 Å². The summed E-state index contributed by atoms with van der Waals surface area (Å²) in [6, 6.07) is 15.6. The number of nitrogens with zero attached hydrogens (tertiary/aromatic N) is 1. The van der Waals surface area contributed by atoms with Crippen molar-refractivity contribution in [1.82, 2.24) is 10.2 Å². The lowest BCUT2D eigenvalue weighted by molar-refractivity contribution is 0.195. The van der Waals surface area contributed by atoms with Crippen LogP contribution in [0.1, 0.15) is 22.7 Å². The number of hydrogen-bond donors (Lipinski definition) is 1. The highest BCUT2D eigenvalue weighted by Crippen LogP contribution is 2.30. The van der Waals surface area contributed by atoms with Gasteiger partial charge in [0, 0.05) is 31.7 Å². The Hall–Kier alpha value is -1.71. The standard InChI is InChI=1S/C18H21FN2/c1-14-6-8-15(9-7-14)18(21-12-10-20-11-13-21)16-4-2-3-5-17(16)19/h2-9,18,20H,10-13H2,1H3. The molecule has 1 heterocycles. The molecule has 1 aliphatic rings. The largest absolute Gasteiger partial charge is 0.314 e. The molecule has 0 saturated carbocycles. The Morgan fingerprint density at radius 3 is 2.33 bits per heavy atom. The summed E-state index contributed by atoms with van der Waals surface area (Å²) in [5.74, 6) is -0.124. The summed E-state index contributed by atoms with van der Waals surface area (Å²) >= 11 is 0. The average Bonchev–Trinajstić information content (AvgIpc) is 2.52. The van der Waals surface area contributed by atoms with Crippen molar-refractivity contribution in [3.63, 3.8) is 0 Å². The number of piperazine rings is 1. The molecule has 1 aliphatic heterocycles. The molecule has 1 unspecified atom stereocenters. The summed E-state index contributed by atoms with van der Waals surface area (Å²) in [5.41, 5.74) is 3.15. The van der Waals surface area contributed by atoms with E-state index in [4.69, 9.17) is 0 Å². The van der Waals surface area contributed by atoms with Crippen LogP contribution >= 0.6 is 0 Å². The van der Waals surface area contributed by atoms with Crippen molar-refractivity contribution in [3.05, 3.63) is 71.0 Å². The first-order chi connectivity index (χ1) is 10.3. The molecule has 0 radical (unpaired) electrons. The Bertz CT molecular complexity index is 588. The van der Waals surface area contributed by atoms with Crippen LogP contribution in [-0.2, 0) is 0 Å². The summed E-state index contributed by atoms with van der Waals surface area (Å²) in [7, 11) is 0. The van der Waals surface area contributed by atoms with Crippen LogP contribution in [-0.4, -0.2) is 31.1 Å². The van der Waals surface area contributed by atoms with Crippen molar-refractivity contribution in [2.24, 2.45) is 0 Å². The smallest absolute Gasteiger partial charge is 0.128 e. The van der Waals surface area contributed by atoms with Gasteiger partial charge in [-0.3, -0.25) is 4.90 Å². The molecule has 2 nitrogen and oxygen atoms in total. The quantitative estimate of drug-likeness (QED) is 0.931. The molecular formula is C18H21FN2. The predicted molar refractivity (Wildman–Crippen MR) is 83.9 cm³/mol. The van der Waals surface area contributed by atoms with Gasteiger partial charge < -0.3 is 5.32 Å². The van der Waals surface area contributed by atoms with Crippen LogP contribution in [0.4, 0.5) is 4.39 Å². The maximum atomic E-state index is 14.3. The van der Waals surface area contributed by atoms with E-state index in [0.717, 1.165) is 37.3 Å². The van der Waals surface area contributed by atoms with E-state index in [2.05, 4.69) is 41.4 Å². The lowest BCUT2D eigenvalue weighted by Gasteiger charge is -2.35. The van der Waals surface area contributed by atoms with Crippen LogP contribution < -0.4 is 5.32 Å². The van der Waals surface area contributed by atoms with E-state index in [1.165, 1.54) is 5.56 Å². The van der Waals surface area contributed by atoms with E-state index in [9.17, 15) is 4.39 Å². The van der Waals surface area contributed by atoms with Gasteiger partial charge in [0.1, 0.15) is 5.82 Å². The van der Waals surface area contributed by atoms with Crippen molar-refractivity contribution in [2.45, 2.75) is 13.0 Å². The second-order valence-corrected chi connectivity index (χ2v) is 5.62. The lowest BCUT2D eigenvalue weighted by atomic mass is 9.95. The van der Waals surface area contributed by atoms with Crippen LogP contribution in [0.3, 0.4) is 0 Å². The van der Waals surface area contributed by atoms with Crippen molar-refractivity contribution in [2.75, 3.05) is 26.2 Å². The number of nitrogens with one attached hydrogen (secondary N) is 1. The number of halogens is 1. The SMILES string of the molecule is Cc1ccc(C(c2ccccc2F)N2CCNCC2)cc1. The molecule has 21 heavy (non-hydrogen) atoms. The molecule has 0 aliphatic carbocycles. The summed E-state index contributed by atoms with van der Waals surface area (Å²) in [6.07, 6.45) is 0. The zero-order valence-electron chi connectivity index (χ0n) is 12.3. The van der Waals surface area contributed by atoms with Gasteiger partial charge >= 0.3 is 0 Å². The third-order valence-electron chi connectivity index (χ3n) is 4.11. The first-order valence-electron chi connectivity index (χ1n) is 7.51. The minimum absolute atomic E-state index is 0.00565. The fourth-order valence-electron chi connectivity index (χ4n) is 2.97. The van der Waals surface area contributed by atoms with E-state index >= 15 is 0 Å². The fraction of sp³-hybridized carbons (Fsp3) is 0.333. The predicted octanol–water partition coefficient (Wildman–Crippen LogP) is 3.13. The van der Waals surface area contributed by atoms with E-state index in [-0.39, 0.29) is 11.9 Å². The summed E-state index contributed by atoms with van der Waals surface area (Å²) < 4.78 is 14.3. The highest BCUT2D eigenvalue weighted by atomic mass is 19.1. The highest BCUT2D eigenvalue weighted by Gasteiger charge is 2.25. The first-order valence-corrected chi connectivity index (χ1v) is 7.51. The average molecular weight is 284 g/mol. The van der Waals surface area contributed by atoms with E-state index < -0.39 is 0 Å². The molecule has 1 saturated heterocycles. The molecule has 0 amide bonds. The highest BCUT2D eigenvalue weighted by molar-refractivity contribution is 5.34. The fourth-order valence-corrected chi connectivity index (χ4v) is 2.97. The Balaban J connectivity index is 2.01. The van der Waals surface area contributed by atoms with Gasteiger partial charge in [0.05, 0.1) is 6.04 Å². The van der Waals surface area contributed by atoms with Crippen LogP contribution in [0, 0.1) is 12.7 Å². The third-order valence-corrected chi connectivity index (χ3v) is 4.11.